The summed E-state index contributed by atoms with van der Waals surface area (Å²) in [5.41, 5.74) is 16.2. The summed E-state index contributed by atoms with van der Waals surface area (Å²) >= 11 is 0. The summed E-state index contributed by atoms with van der Waals surface area (Å²) < 4.78 is 0. The number of rotatable bonds is 2. The van der Waals surface area contributed by atoms with Crippen LogP contribution in [-0.2, 0) is 0 Å². The minimum Gasteiger partial charge on any atom is -0.400 e. The molecule has 0 bridgehead atoms. The zero-order chi connectivity index (χ0) is 12.7. The van der Waals surface area contributed by atoms with Crippen molar-refractivity contribution in [3.63, 3.8) is 0 Å². The highest BCUT2D eigenvalue weighted by Crippen LogP contribution is 2.40. The molecule has 3 rings (SSSR count). The second kappa shape index (κ2) is 3.91. The number of hydrogen-bond acceptors (Lipinski definition) is 2. The summed E-state index contributed by atoms with van der Waals surface area (Å²) in [4.78, 5) is 0. The molecule has 1 aliphatic carbocycles. The molecular weight excluding hydrogens is 220 g/mol. The number of benzene rings is 2. The fourth-order valence-corrected chi connectivity index (χ4v) is 2.82. The molecule has 0 aromatic heterocycles. The van der Waals surface area contributed by atoms with Crippen LogP contribution in [0.15, 0.2) is 54.8 Å². The Morgan fingerprint density at radius 1 is 1.11 bits per heavy atom. The number of hydrogen-bond donors (Lipinski definition) is 2. The summed E-state index contributed by atoms with van der Waals surface area (Å²) in [7, 11) is 0. The third-order valence-corrected chi connectivity index (χ3v) is 3.69. The van der Waals surface area contributed by atoms with E-state index in [1.54, 1.807) is 0 Å². The van der Waals surface area contributed by atoms with Crippen molar-refractivity contribution in [1.29, 1.82) is 0 Å². The average Bonchev–Trinajstić information content (AvgIpc) is 2.41. The molecule has 2 nitrogen and oxygen atoms in total. The Morgan fingerprint density at radius 2 is 1.83 bits per heavy atom. The van der Waals surface area contributed by atoms with Gasteiger partial charge in [0.1, 0.15) is 0 Å². The van der Waals surface area contributed by atoms with Crippen LogP contribution >= 0.6 is 0 Å². The molecule has 1 unspecified atom stereocenters. The molecule has 2 aromatic rings. The molecule has 2 heteroatoms. The number of nitrogens with two attached hydrogens (primary N) is 2. The minimum absolute atomic E-state index is 0.154. The first-order valence-electron chi connectivity index (χ1n) is 6.12. The summed E-state index contributed by atoms with van der Waals surface area (Å²) in [5.74, 6) is 0.154. The van der Waals surface area contributed by atoms with Crippen molar-refractivity contribution in [2.24, 2.45) is 11.5 Å². The van der Waals surface area contributed by atoms with Gasteiger partial charge in [-0.15, -0.1) is 6.58 Å². The van der Waals surface area contributed by atoms with E-state index in [1.165, 1.54) is 16.3 Å². The molecule has 0 radical (unpaired) electrons. The molecule has 0 heterocycles. The largest absolute Gasteiger partial charge is 0.400 e. The van der Waals surface area contributed by atoms with Crippen LogP contribution in [-0.4, -0.2) is 0 Å². The lowest BCUT2D eigenvalue weighted by Crippen LogP contribution is -2.20. The Morgan fingerprint density at radius 3 is 2.56 bits per heavy atom. The van der Waals surface area contributed by atoms with Crippen molar-refractivity contribution in [3.05, 3.63) is 65.9 Å². The third kappa shape index (κ3) is 1.35. The molecule has 0 saturated heterocycles. The zero-order valence-corrected chi connectivity index (χ0v) is 10.2. The number of allylic oxidation sites excluding steroid dienone is 2. The molecule has 2 aromatic carbocycles. The van der Waals surface area contributed by atoms with Crippen molar-refractivity contribution >= 4 is 16.5 Å². The lowest BCUT2D eigenvalue weighted by molar-refractivity contribution is 0.799. The predicted molar refractivity (Wildman–Crippen MR) is 76.8 cm³/mol. The van der Waals surface area contributed by atoms with Crippen LogP contribution < -0.4 is 11.5 Å². The first-order valence-corrected chi connectivity index (χ1v) is 6.12. The van der Waals surface area contributed by atoms with Crippen LogP contribution in [0.4, 0.5) is 0 Å². The highest BCUT2D eigenvalue weighted by Gasteiger charge is 2.25. The van der Waals surface area contributed by atoms with Crippen molar-refractivity contribution in [1.82, 2.24) is 0 Å². The van der Waals surface area contributed by atoms with Gasteiger partial charge in [-0.1, -0.05) is 42.5 Å². The maximum Gasteiger partial charge on any atom is 0.0591 e. The fraction of sp³-hybridized carbons (Fsp3) is 0.125. The van der Waals surface area contributed by atoms with E-state index in [0.717, 1.165) is 17.7 Å². The van der Waals surface area contributed by atoms with Gasteiger partial charge >= 0.3 is 0 Å². The van der Waals surface area contributed by atoms with Crippen LogP contribution in [0, 0.1) is 0 Å². The second-order valence-electron chi connectivity index (χ2n) is 4.70. The third-order valence-electron chi connectivity index (χ3n) is 3.69. The van der Waals surface area contributed by atoms with Gasteiger partial charge in [0.15, 0.2) is 0 Å². The normalized spacial score (nSPS) is 18.1. The average molecular weight is 236 g/mol. The summed E-state index contributed by atoms with van der Waals surface area (Å²) in [6.45, 7) is 3.82. The highest BCUT2D eigenvalue weighted by atomic mass is 14.7. The van der Waals surface area contributed by atoms with Gasteiger partial charge in [-0.25, -0.2) is 0 Å². The quantitative estimate of drug-likeness (QED) is 0.787. The van der Waals surface area contributed by atoms with E-state index in [1.807, 2.05) is 18.2 Å². The molecule has 4 N–H and O–H groups in total. The van der Waals surface area contributed by atoms with Crippen LogP contribution in [0.1, 0.15) is 23.5 Å². The summed E-state index contributed by atoms with van der Waals surface area (Å²) in [6, 6.07) is 12.5. The molecule has 0 fully saturated rings. The molecule has 0 spiro atoms. The minimum atomic E-state index is 0.154. The van der Waals surface area contributed by atoms with Gasteiger partial charge in [0.05, 0.1) is 5.70 Å². The van der Waals surface area contributed by atoms with E-state index < -0.39 is 0 Å². The Hall–Kier alpha value is -2.22. The lowest BCUT2D eigenvalue weighted by Gasteiger charge is -2.27. The van der Waals surface area contributed by atoms with E-state index in [-0.39, 0.29) is 5.92 Å². The van der Waals surface area contributed by atoms with Gasteiger partial charge in [-0.05, 0) is 22.8 Å². The van der Waals surface area contributed by atoms with Crippen LogP contribution in [0.2, 0.25) is 0 Å². The SMILES string of the molecule is C=CCC1C(N)=C(N)c2cccc3cccc1c23. The van der Waals surface area contributed by atoms with Gasteiger partial charge in [-0.2, -0.15) is 0 Å². The van der Waals surface area contributed by atoms with Crippen molar-refractivity contribution in [2.75, 3.05) is 0 Å². The van der Waals surface area contributed by atoms with Crippen LogP contribution in [0.25, 0.3) is 16.5 Å². The van der Waals surface area contributed by atoms with Gasteiger partial charge in [-0.3, -0.25) is 0 Å². The van der Waals surface area contributed by atoms with Crippen LogP contribution in [0.3, 0.4) is 0 Å². The van der Waals surface area contributed by atoms with Gasteiger partial charge < -0.3 is 11.5 Å². The molecule has 0 amide bonds. The Balaban J connectivity index is 2.40. The second-order valence-corrected chi connectivity index (χ2v) is 4.70. The van der Waals surface area contributed by atoms with E-state index in [2.05, 4.69) is 30.8 Å². The highest BCUT2D eigenvalue weighted by molar-refractivity contribution is 5.99. The Bertz CT molecular complexity index is 663. The molecule has 90 valence electrons. The van der Waals surface area contributed by atoms with E-state index in [0.29, 0.717) is 5.70 Å². The predicted octanol–water partition coefficient (Wildman–Crippen LogP) is 3.10. The first kappa shape index (κ1) is 10.9. The van der Waals surface area contributed by atoms with Gasteiger partial charge in [0.2, 0.25) is 0 Å². The topological polar surface area (TPSA) is 52.0 Å². The van der Waals surface area contributed by atoms with Gasteiger partial charge in [0, 0.05) is 17.2 Å². The molecule has 18 heavy (non-hydrogen) atoms. The summed E-state index contributed by atoms with van der Waals surface area (Å²) in [6.07, 6.45) is 2.72. The maximum absolute atomic E-state index is 6.21. The van der Waals surface area contributed by atoms with Crippen molar-refractivity contribution in [2.45, 2.75) is 12.3 Å². The maximum atomic E-state index is 6.21. The van der Waals surface area contributed by atoms with Crippen molar-refractivity contribution in [3.8, 4) is 0 Å². The summed E-state index contributed by atoms with van der Waals surface area (Å²) in [5, 5.41) is 2.45. The van der Waals surface area contributed by atoms with E-state index in [9.17, 15) is 0 Å². The van der Waals surface area contributed by atoms with Crippen molar-refractivity contribution < 1.29 is 0 Å². The molecule has 0 aliphatic heterocycles. The Kier molecular flexibility index (Phi) is 2.37. The van der Waals surface area contributed by atoms with Crippen LogP contribution in [0.5, 0.6) is 0 Å². The lowest BCUT2D eigenvalue weighted by atomic mass is 9.81. The van der Waals surface area contributed by atoms with E-state index >= 15 is 0 Å². The van der Waals surface area contributed by atoms with Gasteiger partial charge in [0.25, 0.3) is 0 Å². The standard InChI is InChI=1S/C16H16N2/c1-2-5-12-11-8-3-6-10-7-4-9-13(14(10)11)16(18)15(12)17/h2-4,6-9,12H,1,5,17-18H2. The zero-order valence-electron chi connectivity index (χ0n) is 10.2. The first-order chi connectivity index (χ1) is 8.74. The molecule has 1 aliphatic rings. The molecular formula is C16H16N2. The smallest absolute Gasteiger partial charge is 0.0591 e. The molecule has 1 atom stereocenters. The monoisotopic (exact) mass is 236 g/mol. The Labute approximate surface area is 107 Å². The fourth-order valence-electron chi connectivity index (χ4n) is 2.82. The van der Waals surface area contributed by atoms with E-state index in [4.69, 9.17) is 11.5 Å². The molecule has 0 saturated carbocycles.